The molecule has 2 aliphatic rings. The molecular formula is C24H31N5O7S2. The molecule has 0 amide bonds. The molecule has 2 saturated heterocycles. The molecule has 1 spiro atoms. The molecule has 1 aromatic carbocycles. The van der Waals surface area contributed by atoms with Gasteiger partial charge >= 0.3 is 0 Å². The molecule has 12 nitrogen and oxygen atoms in total. The van der Waals surface area contributed by atoms with Crippen molar-refractivity contribution in [1.82, 2.24) is 19.6 Å². The van der Waals surface area contributed by atoms with Crippen LogP contribution in [0, 0.1) is 0 Å². The number of aliphatic hydroxyl groups is 1. The highest BCUT2D eigenvalue weighted by molar-refractivity contribution is 7.89. The molecule has 3 aromatic rings. The summed E-state index contributed by atoms with van der Waals surface area (Å²) >= 11 is 0. The smallest absolute Gasteiger partial charge is 0.244 e. The van der Waals surface area contributed by atoms with Crippen molar-refractivity contribution in [3.8, 4) is 5.75 Å². The minimum Gasteiger partial charge on any atom is -0.491 e. The van der Waals surface area contributed by atoms with E-state index in [2.05, 4.69) is 15.3 Å². The van der Waals surface area contributed by atoms with E-state index >= 15 is 0 Å². The average molecular weight is 566 g/mol. The Balaban J connectivity index is 1.09. The number of H-pyrrole nitrogens is 1. The number of hydrogen-bond acceptors (Lipinski definition) is 9. The largest absolute Gasteiger partial charge is 0.491 e. The van der Waals surface area contributed by atoms with Crippen LogP contribution in [0.15, 0.2) is 58.6 Å². The molecule has 5 rings (SSSR count). The third-order valence-electron chi connectivity index (χ3n) is 7.07. The topological polar surface area (TPSA) is 177 Å². The number of aromatic amines is 1. The van der Waals surface area contributed by atoms with Crippen molar-refractivity contribution in [3.63, 3.8) is 0 Å². The Morgan fingerprint density at radius 1 is 1.21 bits per heavy atom. The molecule has 2 aliphatic heterocycles. The number of primary sulfonamides is 1. The molecule has 0 radical (unpaired) electrons. The van der Waals surface area contributed by atoms with Crippen molar-refractivity contribution in [1.29, 1.82) is 0 Å². The highest BCUT2D eigenvalue weighted by Crippen LogP contribution is 2.37. The molecule has 2 aromatic heterocycles. The van der Waals surface area contributed by atoms with Crippen molar-refractivity contribution >= 4 is 31.1 Å². The van der Waals surface area contributed by atoms with E-state index in [9.17, 15) is 21.9 Å². The Morgan fingerprint density at radius 2 is 2.00 bits per heavy atom. The number of rotatable bonds is 9. The number of nitrogens with zero attached hydrogens (tertiary/aromatic N) is 2. The second-order valence-corrected chi connectivity index (χ2v) is 13.3. The first kappa shape index (κ1) is 27.0. The van der Waals surface area contributed by atoms with E-state index in [1.807, 2.05) is 0 Å². The molecule has 2 fully saturated rings. The second kappa shape index (κ2) is 10.5. The van der Waals surface area contributed by atoms with Crippen LogP contribution in [0.5, 0.6) is 5.75 Å². The lowest BCUT2D eigenvalue weighted by atomic mass is 9.88. The van der Waals surface area contributed by atoms with Gasteiger partial charge in [-0.2, -0.15) is 4.31 Å². The normalized spacial score (nSPS) is 21.2. The quantitative estimate of drug-likeness (QED) is 0.288. The van der Waals surface area contributed by atoms with Gasteiger partial charge in [-0.1, -0.05) is 6.07 Å². The van der Waals surface area contributed by atoms with Crippen molar-refractivity contribution in [2.45, 2.75) is 46.8 Å². The predicted octanol–water partition coefficient (Wildman–Crippen LogP) is 0.552. The number of aromatic nitrogens is 2. The third kappa shape index (κ3) is 5.86. The molecule has 1 unspecified atom stereocenters. The standard InChI is InChI=1S/C24H31N5O7S2/c25-37(31,32)20-3-1-2-19(10-20)35-16-18(30)13-27-17-12-24(36-15-17)5-8-29(9-6-24)38(33,34)21-11-23-22(28-14-21)4-7-26-23/h1-4,7,10-11,14,17-18,26-27,30H,5-6,8-9,12-13,15-16H2,(H2,25,31,32)/t17-,18?/m1/s1. The Kier molecular flexibility index (Phi) is 7.48. The van der Waals surface area contributed by atoms with Gasteiger partial charge in [0.05, 0.1) is 28.1 Å². The second-order valence-electron chi connectivity index (χ2n) is 9.77. The zero-order chi connectivity index (χ0) is 27.0. The summed E-state index contributed by atoms with van der Waals surface area (Å²) in [5, 5.41) is 18.8. The van der Waals surface area contributed by atoms with E-state index in [4.69, 9.17) is 14.6 Å². The number of ether oxygens (including phenoxy) is 2. The minimum atomic E-state index is -3.84. The Bertz CT molecular complexity index is 1500. The molecule has 38 heavy (non-hydrogen) atoms. The summed E-state index contributed by atoms with van der Waals surface area (Å²) in [4.78, 5) is 7.34. The van der Waals surface area contributed by atoms with Crippen LogP contribution < -0.4 is 15.2 Å². The van der Waals surface area contributed by atoms with E-state index in [1.165, 1.54) is 28.7 Å². The molecular weight excluding hydrogens is 534 g/mol. The van der Waals surface area contributed by atoms with E-state index < -0.39 is 31.8 Å². The zero-order valence-electron chi connectivity index (χ0n) is 20.6. The fraction of sp³-hybridized carbons (Fsp3) is 0.458. The van der Waals surface area contributed by atoms with Gasteiger partial charge < -0.3 is 24.9 Å². The molecule has 14 heteroatoms. The van der Waals surface area contributed by atoms with Gasteiger partial charge in [-0.05, 0) is 43.5 Å². The van der Waals surface area contributed by atoms with Crippen LogP contribution in [-0.4, -0.2) is 86.8 Å². The van der Waals surface area contributed by atoms with Crippen LogP contribution in [0.4, 0.5) is 0 Å². The number of hydrogen-bond donors (Lipinski definition) is 4. The number of nitrogens with one attached hydrogen (secondary N) is 2. The molecule has 2 atom stereocenters. The number of nitrogens with two attached hydrogens (primary N) is 1. The van der Waals surface area contributed by atoms with Gasteiger partial charge in [-0.15, -0.1) is 0 Å². The number of pyridine rings is 1. The van der Waals surface area contributed by atoms with Gasteiger partial charge in [0.25, 0.3) is 0 Å². The van der Waals surface area contributed by atoms with Gasteiger partial charge in [-0.25, -0.2) is 22.0 Å². The highest BCUT2D eigenvalue weighted by atomic mass is 32.2. The summed E-state index contributed by atoms with van der Waals surface area (Å²) in [6.45, 7) is 1.39. The lowest BCUT2D eigenvalue weighted by molar-refractivity contribution is -0.0312. The van der Waals surface area contributed by atoms with Crippen molar-refractivity contribution in [2.24, 2.45) is 5.14 Å². The SMILES string of the molecule is NS(=O)(=O)c1cccc(OCC(O)CN[C@H]2COC3(CCN(S(=O)(=O)c4cnc5cc[nH]c5c4)CC3)C2)c1. The fourth-order valence-corrected chi connectivity index (χ4v) is 6.92. The van der Waals surface area contributed by atoms with Crippen LogP contribution in [0.25, 0.3) is 11.0 Å². The first-order valence-corrected chi connectivity index (χ1v) is 15.3. The number of fused-ring (bicyclic) bond motifs is 1. The van der Waals surface area contributed by atoms with E-state index in [1.54, 1.807) is 24.4 Å². The lowest BCUT2D eigenvalue weighted by Gasteiger charge is -2.38. The molecule has 5 N–H and O–H groups in total. The van der Waals surface area contributed by atoms with Gasteiger partial charge in [-0.3, -0.25) is 4.98 Å². The van der Waals surface area contributed by atoms with Crippen molar-refractivity contribution in [3.05, 3.63) is 48.8 Å². The van der Waals surface area contributed by atoms with E-state index in [0.717, 1.165) is 0 Å². The van der Waals surface area contributed by atoms with Crippen LogP contribution >= 0.6 is 0 Å². The summed E-state index contributed by atoms with van der Waals surface area (Å²) in [5.41, 5.74) is 0.991. The molecule has 4 heterocycles. The van der Waals surface area contributed by atoms with Crippen LogP contribution in [-0.2, 0) is 24.8 Å². The van der Waals surface area contributed by atoms with Crippen molar-refractivity contribution in [2.75, 3.05) is 32.8 Å². The highest BCUT2D eigenvalue weighted by Gasteiger charge is 2.44. The monoisotopic (exact) mass is 565 g/mol. The molecule has 0 bridgehead atoms. The Morgan fingerprint density at radius 3 is 2.76 bits per heavy atom. The first-order valence-electron chi connectivity index (χ1n) is 12.3. The maximum atomic E-state index is 13.2. The van der Waals surface area contributed by atoms with Crippen LogP contribution in [0.2, 0.25) is 0 Å². The lowest BCUT2D eigenvalue weighted by Crippen LogP contribution is -2.47. The average Bonchev–Trinajstić information content (AvgIpc) is 3.53. The maximum absolute atomic E-state index is 13.2. The van der Waals surface area contributed by atoms with E-state index in [0.29, 0.717) is 55.7 Å². The Labute approximate surface area is 221 Å². The summed E-state index contributed by atoms with van der Waals surface area (Å²) in [6, 6.07) is 9.20. The zero-order valence-corrected chi connectivity index (χ0v) is 22.2. The maximum Gasteiger partial charge on any atom is 0.244 e. The molecule has 206 valence electrons. The van der Waals surface area contributed by atoms with Gasteiger partial charge in [0.2, 0.25) is 20.0 Å². The summed E-state index contributed by atoms with van der Waals surface area (Å²) in [7, 11) is -7.50. The van der Waals surface area contributed by atoms with Gasteiger partial charge in [0.1, 0.15) is 23.4 Å². The number of aliphatic hydroxyl groups excluding tert-OH is 1. The molecule has 0 aliphatic carbocycles. The first-order chi connectivity index (χ1) is 18.0. The third-order valence-corrected chi connectivity index (χ3v) is 9.85. The summed E-state index contributed by atoms with van der Waals surface area (Å²) in [5.74, 6) is 0.295. The van der Waals surface area contributed by atoms with Crippen molar-refractivity contribution < 1.29 is 31.4 Å². The van der Waals surface area contributed by atoms with E-state index in [-0.39, 0.29) is 29.0 Å². The predicted molar refractivity (Wildman–Crippen MR) is 138 cm³/mol. The number of piperidine rings is 1. The molecule has 0 saturated carbocycles. The fourth-order valence-electron chi connectivity index (χ4n) is 4.96. The summed E-state index contributed by atoms with van der Waals surface area (Å²) < 4.78 is 62.4. The number of benzene rings is 1. The summed E-state index contributed by atoms with van der Waals surface area (Å²) in [6.07, 6.45) is 4.16. The Hall–Kier alpha value is -2.59. The number of sulfonamides is 2. The van der Waals surface area contributed by atoms with Gasteiger partial charge in [0.15, 0.2) is 0 Å². The minimum absolute atomic E-state index is 0.0120. The van der Waals surface area contributed by atoms with Crippen LogP contribution in [0.3, 0.4) is 0 Å². The van der Waals surface area contributed by atoms with Crippen LogP contribution in [0.1, 0.15) is 19.3 Å². The van der Waals surface area contributed by atoms with Gasteiger partial charge in [0, 0.05) is 44.1 Å².